The van der Waals surface area contributed by atoms with Gasteiger partial charge in [0.15, 0.2) is 15.3 Å². The third-order valence-electron chi connectivity index (χ3n) is 3.24. The Bertz CT molecular complexity index is 876. The van der Waals surface area contributed by atoms with Crippen molar-refractivity contribution < 1.29 is 17.9 Å². The van der Waals surface area contributed by atoms with Crippen LogP contribution in [0.4, 0.5) is 0 Å². The predicted octanol–water partition coefficient (Wildman–Crippen LogP) is 1.34. The number of hydrogen-bond donors (Lipinski definition) is 0. The zero-order chi connectivity index (χ0) is 16.5. The molecular weight excluding hydrogens is 306 g/mol. The van der Waals surface area contributed by atoms with Crippen LogP contribution in [0.1, 0.15) is 15.9 Å². The molecule has 0 amide bonds. The molecule has 116 valence electrons. The maximum Gasteiger partial charge on any atom is 0.338 e. The largest absolute Gasteiger partial charge is 0.465 e. The topological polar surface area (TPSA) is 82.4 Å². The van der Waals surface area contributed by atoms with E-state index in [4.69, 9.17) is 0 Å². The van der Waals surface area contributed by atoms with Crippen LogP contribution in [0.15, 0.2) is 46.3 Å². The van der Waals surface area contributed by atoms with E-state index >= 15 is 0 Å². The first-order valence-corrected chi connectivity index (χ1v) is 8.25. The van der Waals surface area contributed by atoms with Crippen molar-refractivity contribution in [3.8, 4) is 5.69 Å². The summed E-state index contributed by atoms with van der Waals surface area (Å²) >= 11 is 0. The molecule has 0 bridgehead atoms. The van der Waals surface area contributed by atoms with Gasteiger partial charge in [0.1, 0.15) is 0 Å². The van der Waals surface area contributed by atoms with Crippen molar-refractivity contribution >= 4 is 15.8 Å². The fraction of sp³-hybridized carbons (Fsp3) is 0.200. The van der Waals surface area contributed by atoms with Crippen LogP contribution < -0.4 is 5.43 Å². The van der Waals surface area contributed by atoms with Gasteiger partial charge in [-0.25, -0.2) is 13.2 Å². The lowest BCUT2D eigenvalue weighted by Crippen LogP contribution is -2.13. The molecule has 2 rings (SSSR count). The Balaban J connectivity index is 2.81. The summed E-state index contributed by atoms with van der Waals surface area (Å²) in [5.74, 6) is -0.603. The molecule has 2 aromatic rings. The fourth-order valence-corrected chi connectivity index (χ4v) is 3.47. The monoisotopic (exact) mass is 321 g/mol. The predicted molar refractivity (Wildman–Crippen MR) is 81.2 cm³/mol. The van der Waals surface area contributed by atoms with E-state index in [0.29, 0.717) is 11.3 Å². The summed E-state index contributed by atoms with van der Waals surface area (Å²) in [6, 6.07) is 5.68. The summed E-state index contributed by atoms with van der Waals surface area (Å²) in [6.45, 7) is 1.55. The normalized spacial score (nSPS) is 11.2. The van der Waals surface area contributed by atoms with Crippen LogP contribution in [0.25, 0.3) is 5.69 Å². The lowest BCUT2D eigenvalue weighted by molar-refractivity contribution is 0.0599. The van der Waals surface area contributed by atoms with Crippen molar-refractivity contribution in [1.29, 1.82) is 0 Å². The minimum absolute atomic E-state index is 0.0269. The lowest BCUT2D eigenvalue weighted by atomic mass is 10.1. The first kappa shape index (κ1) is 16.0. The van der Waals surface area contributed by atoms with Crippen LogP contribution in [-0.4, -0.2) is 32.3 Å². The molecule has 0 radical (unpaired) electrons. The molecule has 6 nitrogen and oxygen atoms in total. The summed E-state index contributed by atoms with van der Waals surface area (Å²) < 4.78 is 30.5. The summed E-state index contributed by atoms with van der Waals surface area (Å²) in [5.41, 5.74) is 0.686. The highest BCUT2D eigenvalue weighted by molar-refractivity contribution is 7.90. The molecule has 7 heteroatoms. The number of pyridine rings is 1. The van der Waals surface area contributed by atoms with Crippen molar-refractivity contribution in [1.82, 2.24) is 4.57 Å². The van der Waals surface area contributed by atoms with Gasteiger partial charge in [0, 0.05) is 30.8 Å². The third kappa shape index (κ3) is 2.94. The van der Waals surface area contributed by atoms with E-state index < -0.39 is 15.8 Å². The van der Waals surface area contributed by atoms with Crippen LogP contribution in [-0.2, 0) is 14.6 Å². The van der Waals surface area contributed by atoms with Gasteiger partial charge in [-0.2, -0.15) is 0 Å². The molecule has 0 saturated heterocycles. The van der Waals surface area contributed by atoms with E-state index in [1.807, 2.05) is 0 Å². The molecule has 0 saturated carbocycles. The molecule has 0 spiro atoms. The van der Waals surface area contributed by atoms with Gasteiger partial charge in [-0.3, -0.25) is 4.79 Å². The van der Waals surface area contributed by atoms with Crippen LogP contribution >= 0.6 is 0 Å². The molecular formula is C15H15NO5S. The summed E-state index contributed by atoms with van der Waals surface area (Å²) in [5, 5.41) is 0. The quantitative estimate of drug-likeness (QED) is 0.797. The zero-order valence-corrected chi connectivity index (χ0v) is 13.2. The van der Waals surface area contributed by atoms with Gasteiger partial charge in [-0.15, -0.1) is 0 Å². The maximum absolute atomic E-state index is 12.2. The van der Waals surface area contributed by atoms with Gasteiger partial charge < -0.3 is 9.30 Å². The van der Waals surface area contributed by atoms with E-state index in [1.54, 1.807) is 6.92 Å². The van der Waals surface area contributed by atoms with E-state index in [2.05, 4.69) is 4.74 Å². The van der Waals surface area contributed by atoms with Crippen LogP contribution in [0, 0.1) is 6.92 Å². The second-order valence-corrected chi connectivity index (χ2v) is 6.74. The Kier molecular flexibility index (Phi) is 4.18. The molecule has 22 heavy (non-hydrogen) atoms. The first-order chi connectivity index (χ1) is 10.3. The van der Waals surface area contributed by atoms with Gasteiger partial charge in [-0.05, 0) is 24.6 Å². The number of carbonyl (C=O) groups is 1. The highest BCUT2D eigenvalue weighted by atomic mass is 32.2. The van der Waals surface area contributed by atoms with Gasteiger partial charge >= 0.3 is 5.97 Å². The standard InChI is InChI=1S/C15H15NO5S/c1-10-12(15(18)21-2)4-5-13(14(10)22(3,19)20)16-8-6-11(17)7-9-16/h4-9H,1-3H3. The molecule has 0 atom stereocenters. The number of nitrogens with zero attached hydrogens (tertiary/aromatic N) is 1. The van der Waals surface area contributed by atoms with E-state index in [-0.39, 0.29) is 15.9 Å². The van der Waals surface area contributed by atoms with E-state index in [1.165, 1.54) is 48.3 Å². The number of benzene rings is 1. The highest BCUT2D eigenvalue weighted by Crippen LogP contribution is 2.27. The lowest BCUT2D eigenvalue weighted by Gasteiger charge is -2.15. The molecule has 0 unspecified atom stereocenters. The Labute approximate surface area is 127 Å². The number of ether oxygens (including phenoxy) is 1. The molecule has 1 aromatic heterocycles. The van der Waals surface area contributed by atoms with Crippen LogP contribution in [0.5, 0.6) is 0 Å². The summed E-state index contributed by atoms with van der Waals surface area (Å²) in [4.78, 5) is 23.0. The second-order valence-electron chi connectivity index (χ2n) is 4.79. The SMILES string of the molecule is COC(=O)c1ccc(-n2ccc(=O)cc2)c(S(C)(=O)=O)c1C. The zero-order valence-electron chi connectivity index (χ0n) is 12.4. The highest BCUT2D eigenvalue weighted by Gasteiger charge is 2.22. The van der Waals surface area contributed by atoms with E-state index in [0.717, 1.165) is 6.26 Å². The number of carbonyl (C=O) groups excluding carboxylic acids is 1. The van der Waals surface area contributed by atoms with Crippen LogP contribution in [0.2, 0.25) is 0 Å². The summed E-state index contributed by atoms with van der Waals surface area (Å²) in [7, 11) is -2.36. The number of esters is 1. The fourth-order valence-electron chi connectivity index (χ4n) is 2.25. The Hall–Kier alpha value is -2.41. The number of aromatic nitrogens is 1. The number of sulfone groups is 1. The number of rotatable bonds is 3. The molecule has 0 aliphatic heterocycles. The van der Waals surface area contributed by atoms with Crippen molar-refractivity contribution in [2.45, 2.75) is 11.8 Å². The smallest absolute Gasteiger partial charge is 0.338 e. The molecule has 0 aliphatic carbocycles. The molecule has 1 aromatic carbocycles. The minimum atomic E-state index is -3.59. The van der Waals surface area contributed by atoms with Crippen molar-refractivity contribution in [3.05, 3.63) is 58.0 Å². The van der Waals surface area contributed by atoms with Gasteiger partial charge in [0.05, 0.1) is 23.3 Å². The Morgan fingerprint density at radius 2 is 1.73 bits per heavy atom. The Morgan fingerprint density at radius 1 is 1.14 bits per heavy atom. The summed E-state index contributed by atoms with van der Waals surface area (Å²) in [6.07, 6.45) is 4.02. The molecule has 1 heterocycles. The van der Waals surface area contributed by atoms with Crippen LogP contribution in [0.3, 0.4) is 0 Å². The van der Waals surface area contributed by atoms with Gasteiger partial charge in [0.25, 0.3) is 0 Å². The van der Waals surface area contributed by atoms with Crippen molar-refractivity contribution in [2.75, 3.05) is 13.4 Å². The Morgan fingerprint density at radius 3 is 2.23 bits per heavy atom. The first-order valence-electron chi connectivity index (χ1n) is 6.36. The number of methoxy groups -OCH3 is 1. The average Bonchev–Trinajstić information content (AvgIpc) is 2.45. The van der Waals surface area contributed by atoms with Crippen molar-refractivity contribution in [2.24, 2.45) is 0 Å². The molecule has 0 N–H and O–H groups in total. The van der Waals surface area contributed by atoms with Gasteiger partial charge in [0.2, 0.25) is 0 Å². The number of hydrogen-bond acceptors (Lipinski definition) is 5. The minimum Gasteiger partial charge on any atom is -0.465 e. The molecule has 0 fully saturated rings. The second kappa shape index (κ2) is 5.76. The van der Waals surface area contributed by atoms with Crippen molar-refractivity contribution in [3.63, 3.8) is 0 Å². The van der Waals surface area contributed by atoms with Gasteiger partial charge in [-0.1, -0.05) is 0 Å². The molecule has 0 aliphatic rings. The average molecular weight is 321 g/mol. The maximum atomic E-state index is 12.2. The van der Waals surface area contributed by atoms with E-state index in [9.17, 15) is 18.0 Å². The third-order valence-corrected chi connectivity index (χ3v) is 4.50.